The maximum absolute atomic E-state index is 12.7. The number of rotatable bonds is 4. The van der Waals surface area contributed by atoms with E-state index in [0.717, 1.165) is 12.1 Å². The van der Waals surface area contributed by atoms with Gasteiger partial charge in [0.05, 0.1) is 12.1 Å². The highest BCUT2D eigenvalue weighted by Crippen LogP contribution is 2.24. The third-order valence-corrected chi connectivity index (χ3v) is 1.93. The molecule has 1 N–H and O–H groups in total. The van der Waals surface area contributed by atoms with E-state index in [4.69, 9.17) is 5.11 Å². The monoisotopic (exact) mass is 253 g/mol. The molecule has 0 fully saturated rings. The molecule has 0 aliphatic carbocycles. The fraction of sp³-hybridized carbons (Fsp3) is 0.333. The minimum absolute atomic E-state index is 0.246. The van der Waals surface area contributed by atoms with Crippen LogP contribution in [0.2, 0.25) is 0 Å². The van der Waals surface area contributed by atoms with Crippen LogP contribution in [-0.2, 0) is 6.54 Å². The number of halogens is 4. The molecule has 0 aromatic carbocycles. The van der Waals surface area contributed by atoms with Crippen LogP contribution in [0.3, 0.4) is 0 Å². The number of carboxylic acids is 1. The third-order valence-electron chi connectivity index (χ3n) is 1.93. The molecule has 0 saturated carbocycles. The molecule has 1 aromatic heterocycles. The second kappa shape index (κ2) is 4.56. The summed E-state index contributed by atoms with van der Waals surface area (Å²) in [7, 11) is 0. The predicted octanol–water partition coefficient (Wildman–Crippen LogP) is 1.45. The van der Waals surface area contributed by atoms with Gasteiger partial charge in [0.15, 0.2) is 0 Å². The molecule has 0 atom stereocenters. The molecular weight excluding hydrogens is 246 g/mol. The van der Waals surface area contributed by atoms with Gasteiger partial charge < -0.3 is 9.67 Å². The van der Waals surface area contributed by atoms with Crippen molar-refractivity contribution in [1.29, 1.82) is 0 Å². The number of nitrogens with zero attached hydrogens (tertiary/aromatic N) is 1. The van der Waals surface area contributed by atoms with Gasteiger partial charge in [0.1, 0.15) is 0 Å². The predicted molar refractivity (Wildman–Crippen MR) is 48.6 cm³/mol. The van der Waals surface area contributed by atoms with Gasteiger partial charge in [-0.2, -0.15) is 8.78 Å². The molecule has 0 bridgehead atoms. The van der Waals surface area contributed by atoms with Gasteiger partial charge >= 0.3 is 18.3 Å². The van der Waals surface area contributed by atoms with Gasteiger partial charge in [-0.05, 0) is 6.07 Å². The molecule has 4 nitrogen and oxygen atoms in total. The maximum atomic E-state index is 12.7. The number of hydrogen-bond acceptors (Lipinski definition) is 2. The lowest BCUT2D eigenvalue weighted by atomic mass is 10.2. The summed E-state index contributed by atoms with van der Waals surface area (Å²) >= 11 is 0. The van der Waals surface area contributed by atoms with Crippen molar-refractivity contribution >= 4 is 5.97 Å². The zero-order valence-electron chi connectivity index (χ0n) is 8.24. The first-order valence-corrected chi connectivity index (χ1v) is 4.34. The highest BCUT2D eigenvalue weighted by molar-refractivity contribution is 5.87. The first-order valence-electron chi connectivity index (χ1n) is 4.34. The lowest BCUT2D eigenvalue weighted by Crippen LogP contribution is -2.36. The number of pyridine rings is 1. The van der Waals surface area contributed by atoms with E-state index in [9.17, 15) is 27.2 Å². The van der Waals surface area contributed by atoms with Crippen LogP contribution in [0.4, 0.5) is 17.6 Å². The summed E-state index contributed by atoms with van der Waals surface area (Å²) in [4.78, 5) is 21.6. The average molecular weight is 253 g/mol. The molecule has 0 saturated heterocycles. The molecule has 1 rings (SSSR count). The molecule has 1 heterocycles. The molecule has 0 aliphatic rings. The molecule has 17 heavy (non-hydrogen) atoms. The molecule has 8 heteroatoms. The van der Waals surface area contributed by atoms with Crippen molar-refractivity contribution in [2.75, 3.05) is 0 Å². The van der Waals surface area contributed by atoms with Crippen LogP contribution < -0.4 is 5.56 Å². The Morgan fingerprint density at radius 3 is 2.47 bits per heavy atom. The second-order valence-corrected chi connectivity index (χ2v) is 3.25. The molecule has 0 spiro atoms. The van der Waals surface area contributed by atoms with E-state index in [1.807, 2.05) is 0 Å². The lowest BCUT2D eigenvalue weighted by Gasteiger charge is -2.16. The van der Waals surface area contributed by atoms with Gasteiger partial charge in [-0.1, -0.05) is 0 Å². The van der Waals surface area contributed by atoms with Gasteiger partial charge in [0.25, 0.3) is 5.56 Å². The SMILES string of the molecule is O=C(O)c1ccc(=O)n(CC(F)(F)C(F)F)c1. The average Bonchev–Trinajstić information content (AvgIpc) is 2.20. The van der Waals surface area contributed by atoms with Crippen molar-refractivity contribution in [3.63, 3.8) is 0 Å². The Kier molecular flexibility index (Phi) is 3.54. The summed E-state index contributed by atoms with van der Waals surface area (Å²) in [6, 6.07) is 1.63. The van der Waals surface area contributed by atoms with Gasteiger partial charge in [-0.25, -0.2) is 13.6 Å². The van der Waals surface area contributed by atoms with Crippen molar-refractivity contribution < 1.29 is 27.5 Å². The van der Waals surface area contributed by atoms with E-state index in [1.165, 1.54) is 0 Å². The van der Waals surface area contributed by atoms with E-state index in [-0.39, 0.29) is 4.57 Å². The minimum Gasteiger partial charge on any atom is -0.478 e. The lowest BCUT2D eigenvalue weighted by molar-refractivity contribution is -0.138. The van der Waals surface area contributed by atoms with E-state index in [1.54, 1.807) is 0 Å². The Morgan fingerprint density at radius 1 is 1.41 bits per heavy atom. The van der Waals surface area contributed by atoms with Crippen LogP contribution in [0.15, 0.2) is 23.1 Å². The Bertz CT molecular complexity index is 483. The highest BCUT2D eigenvalue weighted by Gasteiger charge is 2.41. The number of aromatic nitrogens is 1. The summed E-state index contributed by atoms with van der Waals surface area (Å²) < 4.78 is 49.4. The Hall–Kier alpha value is -1.86. The van der Waals surface area contributed by atoms with Crippen LogP contribution in [0.25, 0.3) is 0 Å². The molecular formula is C9H7F4NO3. The van der Waals surface area contributed by atoms with Crippen molar-refractivity contribution in [1.82, 2.24) is 4.57 Å². The zero-order chi connectivity index (χ0) is 13.2. The van der Waals surface area contributed by atoms with Crippen LogP contribution >= 0.6 is 0 Å². The van der Waals surface area contributed by atoms with Crippen LogP contribution in [-0.4, -0.2) is 28.0 Å². The standard InChI is InChI=1S/C9H7F4NO3/c10-8(11)9(12,13)4-14-3-5(7(16)17)1-2-6(14)15/h1-3,8H,4H2,(H,16,17). The van der Waals surface area contributed by atoms with E-state index < -0.39 is 36.0 Å². The first kappa shape index (κ1) is 13.2. The Labute approximate surface area is 92.1 Å². The topological polar surface area (TPSA) is 59.3 Å². The number of alkyl halides is 4. The zero-order valence-corrected chi connectivity index (χ0v) is 8.24. The third kappa shape index (κ3) is 3.05. The largest absolute Gasteiger partial charge is 0.478 e. The van der Waals surface area contributed by atoms with Crippen LogP contribution in [0.5, 0.6) is 0 Å². The quantitative estimate of drug-likeness (QED) is 0.826. The summed E-state index contributed by atoms with van der Waals surface area (Å²) in [5.41, 5.74) is -1.41. The fourth-order valence-electron chi connectivity index (χ4n) is 1.08. The van der Waals surface area contributed by atoms with Gasteiger partial charge in [0, 0.05) is 12.3 Å². The Morgan fingerprint density at radius 2 is 2.00 bits per heavy atom. The molecule has 1 aromatic rings. The van der Waals surface area contributed by atoms with Crippen molar-refractivity contribution in [3.8, 4) is 0 Å². The molecule has 0 aliphatic heterocycles. The number of aromatic carboxylic acids is 1. The smallest absolute Gasteiger partial charge is 0.337 e. The molecule has 0 unspecified atom stereocenters. The highest BCUT2D eigenvalue weighted by atomic mass is 19.3. The number of hydrogen-bond donors (Lipinski definition) is 1. The van der Waals surface area contributed by atoms with Gasteiger partial charge in [-0.3, -0.25) is 4.79 Å². The number of carbonyl (C=O) groups is 1. The molecule has 0 amide bonds. The van der Waals surface area contributed by atoms with Gasteiger partial charge in [0.2, 0.25) is 0 Å². The Balaban J connectivity index is 3.10. The van der Waals surface area contributed by atoms with E-state index in [2.05, 4.69) is 0 Å². The number of carboxylic acid groups (broad SMARTS) is 1. The minimum atomic E-state index is -4.39. The van der Waals surface area contributed by atoms with E-state index in [0.29, 0.717) is 6.20 Å². The van der Waals surface area contributed by atoms with Crippen molar-refractivity contribution in [3.05, 3.63) is 34.2 Å². The summed E-state index contributed by atoms with van der Waals surface area (Å²) in [6.45, 7) is -1.56. The van der Waals surface area contributed by atoms with Gasteiger partial charge in [-0.15, -0.1) is 0 Å². The molecule has 0 radical (unpaired) electrons. The second-order valence-electron chi connectivity index (χ2n) is 3.25. The van der Waals surface area contributed by atoms with Crippen LogP contribution in [0, 0.1) is 0 Å². The fourth-order valence-corrected chi connectivity index (χ4v) is 1.08. The summed E-state index contributed by atoms with van der Waals surface area (Å²) in [5, 5.41) is 8.56. The van der Waals surface area contributed by atoms with E-state index >= 15 is 0 Å². The molecule has 94 valence electrons. The maximum Gasteiger partial charge on any atom is 0.337 e. The van der Waals surface area contributed by atoms with Crippen molar-refractivity contribution in [2.45, 2.75) is 18.9 Å². The normalized spacial score (nSPS) is 11.8. The van der Waals surface area contributed by atoms with Crippen molar-refractivity contribution in [2.24, 2.45) is 0 Å². The summed E-state index contributed by atoms with van der Waals surface area (Å²) in [6.07, 6.45) is -3.33. The van der Waals surface area contributed by atoms with Crippen LogP contribution in [0.1, 0.15) is 10.4 Å². The summed E-state index contributed by atoms with van der Waals surface area (Å²) in [5.74, 6) is -5.83. The first-order chi connectivity index (χ1) is 7.74.